The number of nitrogens with zero attached hydrogens (tertiary/aromatic N) is 4. The molecule has 0 radical (unpaired) electrons. The lowest BCUT2D eigenvalue weighted by molar-refractivity contribution is 0.183. The summed E-state index contributed by atoms with van der Waals surface area (Å²) in [6.45, 7) is 9.46. The molecule has 1 aromatic heterocycles. The number of hydrogen-bond acceptors (Lipinski definition) is 5. The zero-order chi connectivity index (χ0) is 20.2. The number of β-amino-alcohol motifs (C(OH)–C–C–N with tert-alkyl or cyclic N) is 1. The fourth-order valence-electron chi connectivity index (χ4n) is 4.11. The number of nitrogens with one attached hydrogen (secondary N) is 2. The zero-order valence-corrected chi connectivity index (χ0v) is 17.0. The van der Waals surface area contributed by atoms with Gasteiger partial charge in [0.1, 0.15) is 11.7 Å². The fraction of sp³-hybridized carbons (Fsp3) is 0.455. The van der Waals surface area contributed by atoms with Crippen molar-refractivity contribution in [3.05, 3.63) is 48.9 Å². The van der Waals surface area contributed by atoms with Crippen LogP contribution in [0.1, 0.15) is 26.2 Å². The number of allylic oxidation sites excluding steroid dienone is 1. The number of likely N-dealkylation sites (tertiary alicyclic amines) is 2. The maximum Gasteiger partial charge on any atom is 0.130 e. The van der Waals surface area contributed by atoms with Crippen molar-refractivity contribution in [1.29, 1.82) is 0 Å². The average molecular weight is 395 g/mol. The van der Waals surface area contributed by atoms with Crippen molar-refractivity contribution >= 4 is 22.4 Å². The van der Waals surface area contributed by atoms with E-state index in [9.17, 15) is 5.11 Å². The SMILES string of the molecule is C=C(/N=C(\C=C/C)N1CCCC(Nc2ccc3[nH]ncc3c2)C1)N1CCC(O)C1. The molecule has 0 saturated carbocycles. The molecule has 0 spiro atoms. The van der Waals surface area contributed by atoms with Crippen molar-refractivity contribution in [3.63, 3.8) is 0 Å². The predicted octanol–water partition coefficient (Wildman–Crippen LogP) is 2.95. The number of aliphatic hydroxyl groups is 1. The van der Waals surface area contributed by atoms with E-state index in [1.54, 1.807) is 0 Å². The van der Waals surface area contributed by atoms with Crippen LogP contribution in [-0.4, -0.2) is 69.3 Å². The van der Waals surface area contributed by atoms with Crippen molar-refractivity contribution in [2.75, 3.05) is 31.5 Å². The van der Waals surface area contributed by atoms with E-state index < -0.39 is 0 Å². The zero-order valence-electron chi connectivity index (χ0n) is 17.0. The van der Waals surface area contributed by atoms with E-state index in [1.807, 2.05) is 19.2 Å². The molecule has 2 atom stereocenters. The lowest BCUT2D eigenvalue weighted by atomic mass is 10.0. The highest BCUT2D eigenvalue weighted by atomic mass is 16.3. The third-order valence-corrected chi connectivity index (χ3v) is 5.64. The Bertz CT molecular complexity index is 917. The van der Waals surface area contributed by atoms with Gasteiger partial charge in [-0.1, -0.05) is 12.7 Å². The largest absolute Gasteiger partial charge is 0.391 e. The molecule has 2 aliphatic rings. The van der Waals surface area contributed by atoms with E-state index in [-0.39, 0.29) is 6.10 Å². The number of aliphatic hydroxyl groups excluding tert-OH is 1. The number of aromatic amines is 1. The Hall–Kier alpha value is -2.80. The predicted molar refractivity (Wildman–Crippen MR) is 118 cm³/mol. The number of anilines is 1. The van der Waals surface area contributed by atoms with E-state index in [0.717, 1.165) is 67.1 Å². The van der Waals surface area contributed by atoms with Gasteiger partial charge >= 0.3 is 0 Å². The van der Waals surface area contributed by atoms with E-state index in [0.29, 0.717) is 12.6 Å². The molecule has 4 rings (SSSR count). The standard InChI is InChI=1S/C22H30N6O/c1-3-5-22(24-16(2)27-11-9-20(29)15-27)28-10-4-6-19(14-28)25-18-7-8-21-17(12-18)13-23-26-21/h3,5,7-8,12-13,19-20,25,29H,2,4,6,9-11,14-15H2,1H3,(H,23,26)/b5-3-,24-22+. The molecule has 3 heterocycles. The molecule has 7 heteroatoms. The second-order valence-corrected chi connectivity index (χ2v) is 7.88. The average Bonchev–Trinajstić information content (AvgIpc) is 3.36. The number of benzene rings is 1. The summed E-state index contributed by atoms with van der Waals surface area (Å²) >= 11 is 0. The molecule has 2 aromatic rings. The number of piperidine rings is 1. The van der Waals surface area contributed by atoms with Crippen LogP contribution in [0.5, 0.6) is 0 Å². The van der Waals surface area contributed by atoms with Crippen LogP contribution in [0.3, 0.4) is 0 Å². The van der Waals surface area contributed by atoms with Gasteiger partial charge in [0, 0.05) is 43.3 Å². The maximum absolute atomic E-state index is 9.79. The van der Waals surface area contributed by atoms with Gasteiger partial charge in [0.15, 0.2) is 0 Å². The van der Waals surface area contributed by atoms with E-state index in [1.165, 1.54) is 0 Å². The van der Waals surface area contributed by atoms with Gasteiger partial charge in [-0.25, -0.2) is 4.99 Å². The van der Waals surface area contributed by atoms with Gasteiger partial charge in [-0.3, -0.25) is 5.10 Å². The van der Waals surface area contributed by atoms with Gasteiger partial charge in [0.25, 0.3) is 0 Å². The molecule has 3 N–H and O–H groups in total. The molecule has 0 aliphatic carbocycles. The first kappa shape index (κ1) is 19.5. The van der Waals surface area contributed by atoms with E-state index >= 15 is 0 Å². The Morgan fingerprint density at radius 3 is 3.00 bits per heavy atom. The molecule has 2 fully saturated rings. The lowest BCUT2D eigenvalue weighted by Gasteiger charge is -2.35. The fourth-order valence-corrected chi connectivity index (χ4v) is 4.11. The number of aliphatic imine (C=N–C) groups is 1. The molecule has 29 heavy (non-hydrogen) atoms. The Balaban J connectivity index is 1.44. The number of aromatic nitrogens is 2. The van der Waals surface area contributed by atoms with Crippen molar-refractivity contribution in [1.82, 2.24) is 20.0 Å². The number of hydrogen-bond donors (Lipinski definition) is 3. The van der Waals surface area contributed by atoms with Crippen LogP contribution in [-0.2, 0) is 0 Å². The van der Waals surface area contributed by atoms with Gasteiger partial charge in [0.2, 0.25) is 0 Å². The molecule has 7 nitrogen and oxygen atoms in total. The summed E-state index contributed by atoms with van der Waals surface area (Å²) in [5.74, 6) is 1.67. The molecule has 0 amide bonds. The second kappa shape index (κ2) is 8.69. The van der Waals surface area contributed by atoms with Crippen LogP contribution in [0.15, 0.2) is 53.9 Å². The summed E-state index contributed by atoms with van der Waals surface area (Å²) in [5, 5.41) is 21.7. The summed E-state index contributed by atoms with van der Waals surface area (Å²) in [7, 11) is 0. The summed E-state index contributed by atoms with van der Waals surface area (Å²) < 4.78 is 0. The summed E-state index contributed by atoms with van der Waals surface area (Å²) in [5.41, 5.74) is 2.17. The lowest BCUT2D eigenvalue weighted by Crippen LogP contribution is -2.44. The van der Waals surface area contributed by atoms with Crippen LogP contribution >= 0.6 is 0 Å². The number of fused-ring (bicyclic) bond motifs is 1. The first-order chi connectivity index (χ1) is 14.1. The molecule has 154 valence electrons. The maximum atomic E-state index is 9.79. The van der Waals surface area contributed by atoms with Crippen LogP contribution < -0.4 is 5.32 Å². The Labute approximate surface area is 171 Å². The monoisotopic (exact) mass is 394 g/mol. The van der Waals surface area contributed by atoms with Crippen LogP contribution in [0.2, 0.25) is 0 Å². The van der Waals surface area contributed by atoms with E-state index in [4.69, 9.17) is 4.99 Å². The first-order valence-corrected chi connectivity index (χ1v) is 10.4. The minimum absolute atomic E-state index is 0.275. The number of H-pyrrole nitrogens is 1. The Morgan fingerprint density at radius 1 is 1.31 bits per heavy atom. The molecular weight excluding hydrogens is 364 g/mol. The Morgan fingerprint density at radius 2 is 2.21 bits per heavy atom. The van der Waals surface area contributed by atoms with Gasteiger partial charge < -0.3 is 20.2 Å². The van der Waals surface area contributed by atoms with Crippen molar-refractivity contribution in [2.24, 2.45) is 4.99 Å². The van der Waals surface area contributed by atoms with Crippen molar-refractivity contribution in [3.8, 4) is 0 Å². The quantitative estimate of drug-likeness (QED) is 0.537. The van der Waals surface area contributed by atoms with Crippen LogP contribution in [0.25, 0.3) is 10.9 Å². The van der Waals surface area contributed by atoms with Gasteiger partial charge in [0.05, 0.1) is 17.8 Å². The summed E-state index contributed by atoms with van der Waals surface area (Å²) in [4.78, 5) is 9.21. The molecule has 2 saturated heterocycles. The minimum atomic E-state index is -0.275. The highest BCUT2D eigenvalue weighted by molar-refractivity contribution is 5.93. The first-order valence-electron chi connectivity index (χ1n) is 10.4. The molecule has 2 aliphatic heterocycles. The minimum Gasteiger partial charge on any atom is -0.391 e. The van der Waals surface area contributed by atoms with Crippen LogP contribution in [0, 0.1) is 0 Å². The molecule has 0 bridgehead atoms. The second-order valence-electron chi connectivity index (χ2n) is 7.88. The van der Waals surface area contributed by atoms with Crippen molar-refractivity contribution < 1.29 is 5.11 Å². The molecule has 2 unspecified atom stereocenters. The normalized spacial score (nSPS) is 23.3. The number of amidine groups is 1. The third-order valence-electron chi connectivity index (χ3n) is 5.64. The smallest absolute Gasteiger partial charge is 0.130 e. The van der Waals surface area contributed by atoms with Crippen molar-refractivity contribution in [2.45, 2.75) is 38.3 Å². The van der Waals surface area contributed by atoms with Gasteiger partial charge in [-0.15, -0.1) is 0 Å². The Kier molecular flexibility index (Phi) is 5.85. The van der Waals surface area contributed by atoms with E-state index in [2.05, 4.69) is 56.2 Å². The summed E-state index contributed by atoms with van der Waals surface area (Å²) in [6, 6.07) is 6.65. The van der Waals surface area contributed by atoms with Gasteiger partial charge in [-0.2, -0.15) is 5.10 Å². The molecule has 1 aromatic carbocycles. The third kappa shape index (κ3) is 4.62. The van der Waals surface area contributed by atoms with Crippen LogP contribution in [0.4, 0.5) is 5.69 Å². The van der Waals surface area contributed by atoms with Gasteiger partial charge in [-0.05, 0) is 50.5 Å². The topological polar surface area (TPSA) is 79.8 Å². The highest BCUT2D eigenvalue weighted by Gasteiger charge is 2.24. The highest BCUT2D eigenvalue weighted by Crippen LogP contribution is 2.22. The summed E-state index contributed by atoms with van der Waals surface area (Å²) in [6.07, 6.45) is 8.67. The molecular formula is C22H30N6O. The number of rotatable bonds is 5.